The molecule has 0 aliphatic heterocycles. The van der Waals surface area contributed by atoms with Gasteiger partial charge in [-0.15, -0.1) is 5.50 Å². The van der Waals surface area contributed by atoms with Crippen LogP contribution in [0.2, 0.25) is 0 Å². The summed E-state index contributed by atoms with van der Waals surface area (Å²) < 4.78 is 19.7. The molecule has 0 saturated heterocycles. The average Bonchev–Trinajstić information content (AvgIpc) is 2.23. The highest BCUT2D eigenvalue weighted by atomic mass is 32.0. The van der Waals surface area contributed by atoms with Crippen molar-refractivity contribution in [3.63, 3.8) is 0 Å². The maximum Gasteiger partial charge on any atom is 0.442 e. The van der Waals surface area contributed by atoms with E-state index < -0.39 is 32.3 Å². The normalized spacial score (nSPS) is 13.2. The van der Waals surface area contributed by atoms with Gasteiger partial charge in [0, 0.05) is 0 Å². The minimum absolute atomic E-state index is 0.0960. The molecule has 0 aromatic heterocycles. The Morgan fingerprint density at radius 2 is 1.94 bits per heavy atom. The first kappa shape index (κ1) is 16.1. The molecule has 0 aliphatic rings. The van der Waals surface area contributed by atoms with Crippen LogP contribution >= 0.6 is 15.9 Å². The molecule has 0 radical (unpaired) electrons. The molecule has 0 saturated carbocycles. The molecular weight excluding hydrogens is 268 g/mol. The zero-order chi connectivity index (χ0) is 13.4. The molecule has 17 heavy (non-hydrogen) atoms. The van der Waals surface area contributed by atoms with Crippen LogP contribution in [0.5, 0.6) is 0 Å². The van der Waals surface area contributed by atoms with Crippen LogP contribution in [0.15, 0.2) is 0 Å². The summed E-state index contributed by atoms with van der Waals surface area (Å²) in [4.78, 5) is 32.8. The van der Waals surface area contributed by atoms with E-state index in [4.69, 9.17) is 5.50 Å². The molecule has 0 aliphatic carbocycles. The van der Waals surface area contributed by atoms with Gasteiger partial charge in [-0.2, -0.15) is 0 Å². The van der Waals surface area contributed by atoms with E-state index in [1.165, 1.54) is 13.8 Å². The monoisotopic (exact) mass is 282 g/mol. The van der Waals surface area contributed by atoms with Gasteiger partial charge in [-0.1, -0.05) is 0 Å². The highest BCUT2D eigenvalue weighted by molar-refractivity contribution is 8.14. The number of esters is 2. The maximum atomic E-state index is 11.1. The second-order valence-electron chi connectivity index (χ2n) is 3.06. The van der Waals surface area contributed by atoms with Crippen molar-refractivity contribution in [1.82, 2.24) is 0 Å². The number of Topliss-reactive ketones (excluding diaryl/α,β-unsaturated/α-hetero) is 1. The van der Waals surface area contributed by atoms with E-state index in [1.54, 1.807) is 0 Å². The first-order valence-electron chi connectivity index (χ1n) is 4.64. The second-order valence-corrected chi connectivity index (χ2v) is 6.66. The highest BCUT2D eigenvalue weighted by Gasteiger charge is 2.17. The molecule has 96 valence electrons. The van der Waals surface area contributed by atoms with E-state index in [1.807, 2.05) is 0 Å². The third-order valence-corrected chi connectivity index (χ3v) is 3.78. The van der Waals surface area contributed by atoms with E-state index in [9.17, 15) is 18.9 Å². The molecule has 0 aromatic carbocycles. The quantitative estimate of drug-likeness (QED) is 0.529. The second kappa shape index (κ2) is 8.23. The standard InChI is InChI=1S/C8H14NO6P2/c1-5(10)6(2)15-7(11)3-14-8(12)4-16-17(9)13/h6,16H,3-4H2,1-2H3,(H2,9,13)/q+1. The van der Waals surface area contributed by atoms with Crippen molar-refractivity contribution < 1.29 is 28.4 Å². The van der Waals surface area contributed by atoms with Crippen molar-refractivity contribution in [1.29, 1.82) is 0 Å². The van der Waals surface area contributed by atoms with Crippen molar-refractivity contribution in [2.75, 3.05) is 12.8 Å². The minimum Gasteiger partial charge on any atom is -0.453 e. The summed E-state index contributed by atoms with van der Waals surface area (Å²) in [7, 11) is -2.09. The van der Waals surface area contributed by atoms with Gasteiger partial charge >= 0.3 is 19.6 Å². The Hall–Kier alpha value is -0.900. The largest absolute Gasteiger partial charge is 0.453 e. The third kappa shape index (κ3) is 8.86. The van der Waals surface area contributed by atoms with Crippen LogP contribution in [-0.2, 0) is 28.4 Å². The number of rotatable bonds is 7. The van der Waals surface area contributed by atoms with Crippen LogP contribution in [0, 0.1) is 0 Å². The molecule has 2 N–H and O–H groups in total. The molecular formula is C8H14NO6P2+. The molecule has 0 bridgehead atoms. The van der Waals surface area contributed by atoms with Crippen LogP contribution in [0.3, 0.4) is 0 Å². The average molecular weight is 282 g/mol. The lowest BCUT2D eigenvalue weighted by atomic mass is 10.3. The van der Waals surface area contributed by atoms with Crippen molar-refractivity contribution in [3.05, 3.63) is 0 Å². The van der Waals surface area contributed by atoms with E-state index in [0.717, 1.165) is 0 Å². The maximum absolute atomic E-state index is 11.1. The number of ketones is 1. The van der Waals surface area contributed by atoms with Gasteiger partial charge in [0.1, 0.15) is 6.16 Å². The predicted octanol–water partition coefficient (Wildman–Crippen LogP) is 0.345. The van der Waals surface area contributed by atoms with E-state index in [-0.39, 0.29) is 20.2 Å². The van der Waals surface area contributed by atoms with Gasteiger partial charge in [-0.3, -0.25) is 9.59 Å². The summed E-state index contributed by atoms with van der Waals surface area (Å²) >= 11 is 0. The molecule has 7 nitrogen and oxygen atoms in total. The first-order valence-corrected chi connectivity index (χ1v) is 8.01. The Bertz CT molecular complexity index is 332. The lowest BCUT2D eigenvalue weighted by Gasteiger charge is -2.09. The molecule has 9 heteroatoms. The summed E-state index contributed by atoms with van der Waals surface area (Å²) in [5.74, 6) is -1.78. The molecule has 3 atom stereocenters. The highest BCUT2D eigenvalue weighted by Crippen LogP contribution is 2.36. The smallest absolute Gasteiger partial charge is 0.442 e. The summed E-state index contributed by atoms with van der Waals surface area (Å²) in [6.07, 6.45) is -0.956. The Morgan fingerprint density at radius 3 is 2.41 bits per heavy atom. The molecule has 0 rings (SSSR count). The Balaban J connectivity index is 3.80. The molecule has 3 unspecified atom stereocenters. The number of hydrogen-bond donors (Lipinski definition) is 1. The number of ether oxygens (including phenoxy) is 2. The SMILES string of the molecule is CC(=O)C(C)OC(=O)COC(=O)CP[P+](N)=O. The van der Waals surface area contributed by atoms with Gasteiger partial charge < -0.3 is 9.47 Å². The first-order chi connectivity index (χ1) is 7.82. The van der Waals surface area contributed by atoms with Crippen molar-refractivity contribution in [2.24, 2.45) is 5.50 Å². The van der Waals surface area contributed by atoms with Crippen LogP contribution in [0.25, 0.3) is 0 Å². The van der Waals surface area contributed by atoms with Crippen molar-refractivity contribution in [3.8, 4) is 0 Å². The van der Waals surface area contributed by atoms with Crippen LogP contribution in [0.1, 0.15) is 13.8 Å². The molecule has 0 fully saturated rings. The molecule has 0 aromatic rings. The van der Waals surface area contributed by atoms with Crippen molar-refractivity contribution in [2.45, 2.75) is 20.0 Å². The van der Waals surface area contributed by atoms with E-state index >= 15 is 0 Å². The predicted molar refractivity (Wildman–Crippen MR) is 62.2 cm³/mol. The number of carbonyl (C=O) groups excluding carboxylic acids is 3. The van der Waals surface area contributed by atoms with Gasteiger partial charge in [0.05, 0.1) is 0 Å². The van der Waals surface area contributed by atoms with Gasteiger partial charge in [-0.25, -0.2) is 4.79 Å². The van der Waals surface area contributed by atoms with E-state index in [0.29, 0.717) is 0 Å². The number of hydrogen-bond acceptors (Lipinski definition) is 6. The third-order valence-electron chi connectivity index (χ3n) is 1.61. The fourth-order valence-electron chi connectivity index (χ4n) is 0.647. The number of nitrogens with two attached hydrogens (primary N) is 1. The van der Waals surface area contributed by atoms with E-state index in [2.05, 4.69) is 9.47 Å². The van der Waals surface area contributed by atoms with Crippen LogP contribution in [0.4, 0.5) is 0 Å². The summed E-state index contributed by atoms with van der Waals surface area (Å²) in [6.45, 7) is 2.13. The molecule has 0 amide bonds. The summed E-state index contributed by atoms with van der Waals surface area (Å²) in [5.41, 5.74) is 4.98. The zero-order valence-corrected chi connectivity index (χ0v) is 11.4. The summed E-state index contributed by atoms with van der Waals surface area (Å²) in [5, 5.41) is 0. The van der Waals surface area contributed by atoms with Gasteiger partial charge in [-0.05, 0) is 18.4 Å². The summed E-state index contributed by atoms with van der Waals surface area (Å²) in [6, 6.07) is 0. The van der Waals surface area contributed by atoms with Gasteiger partial charge in [0.25, 0.3) is 0 Å². The van der Waals surface area contributed by atoms with Crippen molar-refractivity contribution >= 4 is 33.6 Å². The minimum atomic E-state index is -1.87. The van der Waals surface area contributed by atoms with Crippen LogP contribution < -0.4 is 5.50 Å². The fraction of sp³-hybridized carbons (Fsp3) is 0.625. The lowest BCUT2D eigenvalue weighted by molar-refractivity contribution is -0.162. The molecule has 0 heterocycles. The Kier molecular flexibility index (Phi) is 7.79. The Morgan fingerprint density at radius 1 is 1.35 bits per heavy atom. The van der Waals surface area contributed by atoms with Crippen LogP contribution in [-0.4, -0.2) is 36.6 Å². The fourth-order valence-corrected chi connectivity index (χ4v) is 1.89. The topological polar surface area (TPSA) is 113 Å². The zero-order valence-electron chi connectivity index (χ0n) is 9.47. The molecule has 0 spiro atoms. The van der Waals surface area contributed by atoms with Gasteiger partial charge in [0.15, 0.2) is 26.8 Å². The Labute approximate surface area is 101 Å². The van der Waals surface area contributed by atoms with Gasteiger partial charge in [0.2, 0.25) is 0 Å². The lowest BCUT2D eigenvalue weighted by Crippen LogP contribution is -2.25. The number of carbonyl (C=O) groups is 3.